The molecule has 32 heavy (non-hydrogen) atoms. The summed E-state index contributed by atoms with van der Waals surface area (Å²) >= 11 is 5.12. The van der Waals surface area contributed by atoms with Crippen LogP contribution < -0.4 is 4.31 Å². The number of fused-ring (bicyclic) bond motifs is 1. The predicted molar refractivity (Wildman–Crippen MR) is 139 cm³/mol. The number of thioether (sulfide) groups is 2. The van der Waals surface area contributed by atoms with E-state index in [0.29, 0.717) is 15.1 Å². The van der Waals surface area contributed by atoms with Crippen LogP contribution in [-0.4, -0.2) is 73.3 Å². The molecule has 0 aliphatic carbocycles. The van der Waals surface area contributed by atoms with Crippen molar-refractivity contribution < 1.29 is 8.42 Å². The molecule has 1 N–H and O–H groups in total. The van der Waals surface area contributed by atoms with Crippen molar-refractivity contribution >= 4 is 66.5 Å². The quantitative estimate of drug-likeness (QED) is 0.516. The zero-order chi connectivity index (χ0) is 22.1. The van der Waals surface area contributed by atoms with Crippen molar-refractivity contribution in [2.75, 3.05) is 49.0 Å². The second-order valence-electron chi connectivity index (χ2n) is 7.96. The number of H-pyrrole nitrogens is 1. The van der Waals surface area contributed by atoms with E-state index >= 15 is 0 Å². The number of aromatic amines is 1. The second kappa shape index (κ2) is 9.42. The minimum Gasteiger partial charge on any atom is -0.351 e. The number of anilines is 1. The summed E-state index contributed by atoms with van der Waals surface area (Å²) in [6.07, 6.45) is 1.15. The summed E-state index contributed by atoms with van der Waals surface area (Å²) < 4.78 is 27.8. The highest BCUT2D eigenvalue weighted by Crippen LogP contribution is 2.34. The first-order valence-electron chi connectivity index (χ1n) is 10.7. The summed E-state index contributed by atoms with van der Waals surface area (Å²) in [5.74, 6) is 2.49. The Morgan fingerprint density at radius 2 is 2.06 bits per heavy atom. The van der Waals surface area contributed by atoms with Gasteiger partial charge in [0, 0.05) is 42.3 Å². The van der Waals surface area contributed by atoms with E-state index in [2.05, 4.69) is 16.0 Å². The number of aromatic nitrogens is 1. The number of para-hydroxylation sites is 1. The molecule has 0 radical (unpaired) electrons. The van der Waals surface area contributed by atoms with E-state index < -0.39 is 10.0 Å². The van der Waals surface area contributed by atoms with Gasteiger partial charge >= 0.3 is 0 Å². The number of aliphatic imine (C=N–C) groups is 1. The molecule has 1 saturated heterocycles. The molecule has 10 heteroatoms. The van der Waals surface area contributed by atoms with E-state index in [9.17, 15) is 8.42 Å². The molecule has 2 aliphatic heterocycles. The second-order valence-corrected chi connectivity index (χ2v) is 13.6. The molecule has 5 rings (SSSR count). The van der Waals surface area contributed by atoms with Crippen LogP contribution in [0, 0.1) is 0 Å². The van der Waals surface area contributed by atoms with Gasteiger partial charge in [0.15, 0.2) is 0 Å². The van der Waals surface area contributed by atoms with E-state index in [0.717, 1.165) is 41.2 Å². The minimum absolute atomic E-state index is 0.342. The molecule has 0 spiro atoms. The van der Waals surface area contributed by atoms with Crippen LogP contribution in [0.15, 0.2) is 51.0 Å². The van der Waals surface area contributed by atoms with Gasteiger partial charge < -0.3 is 9.88 Å². The van der Waals surface area contributed by atoms with Crippen molar-refractivity contribution in [3.8, 4) is 0 Å². The van der Waals surface area contributed by atoms with Gasteiger partial charge in [-0.2, -0.15) is 11.8 Å². The normalized spacial score (nSPS) is 20.0. The Morgan fingerprint density at radius 3 is 2.84 bits per heavy atom. The summed E-state index contributed by atoms with van der Waals surface area (Å²) in [6, 6.07) is 11.2. The Hall–Kier alpha value is -1.46. The Labute approximate surface area is 201 Å². The molecule has 1 atom stereocenters. The van der Waals surface area contributed by atoms with Crippen LogP contribution in [0.2, 0.25) is 0 Å². The Balaban J connectivity index is 1.32. The third kappa shape index (κ3) is 4.48. The predicted octanol–water partition coefficient (Wildman–Crippen LogP) is 4.36. The van der Waals surface area contributed by atoms with Crippen molar-refractivity contribution in [3.05, 3.63) is 47.5 Å². The lowest BCUT2D eigenvalue weighted by Gasteiger charge is -2.26. The SMILES string of the molecule is CN(c1cccc2cc(C3=NCC(CCN4CCSCC4)S3)[nH]c12)S(=O)(=O)c1cccs1. The van der Waals surface area contributed by atoms with Crippen LogP contribution in [0.3, 0.4) is 0 Å². The number of sulfonamides is 1. The molecule has 6 nitrogen and oxygen atoms in total. The molecular formula is C22H26N4O2S4. The van der Waals surface area contributed by atoms with Gasteiger partial charge in [-0.1, -0.05) is 30.0 Å². The lowest BCUT2D eigenvalue weighted by atomic mass is 10.2. The van der Waals surface area contributed by atoms with Gasteiger partial charge in [0.2, 0.25) is 0 Å². The molecule has 2 aliphatic rings. The zero-order valence-electron chi connectivity index (χ0n) is 17.9. The summed E-state index contributed by atoms with van der Waals surface area (Å²) in [4.78, 5) is 10.8. The highest BCUT2D eigenvalue weighted by molar-refractivity contribution is 8.15. The summed E-state index contributed by atoms with van der Waals surface area (Å²) in [6.45, 7) is 4.38. The Morgan fingerprint density at radius 1 is 1.22 bits per heavy atom. The van der Waals surface area contributed by atoms with Gasteiger partial charge in [0.05, 0.1) is 23.4 Å². The lowest BCUT2D eigenvalue weighted by molar-refractivity contribution is 0.298. The van der Waals surface area contributed by atoms with Crippen LogP contribution in [0.4, 0.5) is 5.69 Å². The van der Waals surface area contributed by atoms with Gasteiger partial charge in [-0.3, -0.25) is 9.30 Å². The molecule has 4 heterocycles. The van der Waals surface area contributed by atoms with Gasteiger partial charge in [-0.05, 0) is 36.5 Å². The highest BCUT2D eigenvalue weighted by atomic mass is 32.2. The highest BCUT2D eigenvalue weighted by Gasteiger charge is 2.26. The molecule has 0 amide bonds. The topological polar surface area (TPSA) is 68.8 Å². The van der Waals surface area contributed by atoms with Crippen LogP contribution in [0.1, 0.15) is 12.1 Å². The fraction of sp³-hybridized carbons (Fsp3) is 0.409. The molecule has 1 aromatic carbocycles. The maximum absolute atomic E-state index is 13.0. The summed E-state index contributed by atoms with van der Waals surface area (Å²) in [5.41, 5.74) is 2.43. The van der Waals surface area contributed by atoms with E-state index in [1.165, 1.54) is 40.2 Å². The first kappa shape index (κ1) is 22.3. The smallest absolute Gasteiger partial charge is 0.273 e. The summed E-state index contributed by atoms with van der Waals surface area (Å²) in [5, 5.41) is 4.30. The fourth-order valence-corrected chi connectivity index (χ4v) is 8.48. The molecule has 1 fully saturated rings. The number of benzene rings is 1. The van der Waals surface area contributed by atoms with Crippen LogP contribution >= 0.6 is 34.9 Å². The van der Waals surface area contributed by atoms with Crippen molar-refractivity contribution in [1.82, 2.24) is 9.88 Å². The number of thiophene rings is 1. The third-order valence-electron chi connectivity index (χ3n) is 5.90. The molecule has 2 aromatic heterocycles. The van der Waals surface area contributed by atoms with Gasteiger partial charge in [0.1, 0.15) is 9.25 Å². The van der Waals surface area contributed by atoms with Crippen molar-refractivity contribution in [1.29, 1.82) is 0 Å². The Bertz CT molecular complexity index is 1210. The molecular weight excluding hydrogens is 481 g/mol. The Kier molecular flexibility index (Phi) is 6.58. The maximum Gasteiger partial charge on any atom is 0.273 e. The van der Waals surface area contributed by atoms with Gasteiger partial charge in [0.25, 0.3) is 10.0 Å². The van der Waals surface area contributed by atoms with E-state index in [1.807, 2.05) is 41.7 Å². The first-order valence-corrected chi connectivity index (χ1v) is 15.0. The van der Waals surface area contributed by atoms with Gasteiger partial charge in [-0.25, -0.2) is 8.42 Å². The van der Waals surface area contributed by atoms with Crippen LogP contribution in [0.5, 0.6) is 0 Å². The average Bonchev–Trinajstić information content (AvgIpc) is 3.57. The molecule has 170 valence electrons. The minimum atomic E-state index is -3.59. The van der Waals surface area contributed by atoms with Crippen molar-refractivity contribution in [3.63, 3.8) is 0 Å². The van der Waals surface area contributed by atoms with Crippen molar-refractivity contribution in [2.45, 2.75) is 15.9 Å². The third-order valence-corrected chi connectivity index (χ3v) is 11.3. The van der Waals surface area contributed by atoms with E-state index in [4.69, 9.17) is 4.99 Å². The van der Waals surface area contributed by atoms with E-state index in [-0.39, 0.29) is 0 Å². The summed E-state index contributed by atoms with van der Waals surface area (Å²) in [7, 11) is -1.97. The van der Waals surface area contributed by atoms with E-state index in [1.54, 1.807) is 24.6 Å². The van der Waals surface area contributed by atoms with Crippen LogP contribution in [0.25, 0.3) is 10.9 Å². The molecule has 0 saturated carbocycles. The lowest BCUT2D eigenvalue weighted by Crippen LogP contribution is -2.34. The number of hydrogen-bond acceptors (Lipinski definition) is 7. The average molecular weight is 507 g/mol. The molecule has 1 unspecified atom stereocenters. The van der Waals surface area contributed by atoms with Gasteiger partial charge in [-0.15, -0.1) is 11.3 Å². The van der Waals surface area contributed by atoms with Crippen LogP contribution in [-0.2, 0) is 10.0 Å². The van der Waals surface area contributed by atoms with Crippen molar-refractivity contribution in [2.24, 2.45) is 4.99 Å². The first-order chi connectivity index (χ1) is 15.5. The number of nitrogens with zero attached hydrogens (tertiary/aromatic N) is 3. The number of hydrogen-bond donors (Lipinski definition) is 1. The number of rotatable bonds is 7. The monoisotopic (exact) mass is 506 g/mol. The largest absolute Gasteiger partial charge is 0.351 e. The standard InChI is InChI=1S/C22H26N4O2S4/c1-25(32(27,28)20-6-3-11-30-20)19-5-2-4-16-14-18(24-21(16)19)22-23-15-17(31-22)7-8-26-9-12-29-13-10-26/h2-6,11,14,17,24H,7-10,12-13,15H2,1H3. The zero-order valence-corrected chi connectivity index (χ0v) is 21.1. The maximum atomic E-state index is 13.0. The molecule has 0 bridgehead atoms. The fourth-order valence-electron chi connectivity index (χ4n) is 4.06. The number of nitrogens with one attached hydrogen (secondary N) is 1. The molecule has 3 aromatic rings.